The van der Waals surface area contributed by atoms with Gasteiger partial charge in [0.1, 0.15) is 12.3 Å². The van der Waals surface area contributed by atoms with E-state index in [0.717, 1.165) is 18.6 Å². The fourth-order valence-electron chi connectivity index (χ4n) is 2.46. The minimum atomic E-state index is -0.957. The van der Waals surface area contributed by atoms with Gasteiger partial charge in [-0.15, -0.1) is 0 Å². The molecule has 0 unspecified atom stereocenters. The molecule has 0 aliphatic rings. The summed E-state index contributed by atoms with van der Waals surface area (Å²) < 4.78 is 18.2. The van der Waals surface area contributed by atoms with Crippen LogP contribution >= 0.6 is 0 Å². The van der Waals surface area contributed by atoms with Crippen LogP contribution in [-0.2, 0) is 16.1 Å². The number of esters is 1. The van der Waals surface area contributed by atoms with Crippen molar-refractivity contribution in [2.75, 3.05) is 7.11 Å². The molecule has 130 valence electrons. The Hall–Kier alpha value is -1.51. The van der Waals surface area contributed by atoms with E-state index in [0.29, 0.717) is 12.0 Å². The molecule has 0 fully saturated rings. The van der Waals surface area contributed by atoms with Crippen molar-refractivity contribution in [3.05, 3.63) is 29.8 Å². The molecule has 23 heavy (non-hydrogen) atoms. The van der Waals surface area contributed by atoms with Gasteiger partial charge < -0.3 is 9.47 Å². The lowest BCUT2D eigenvalue weighted by atomic mass is 10.1. The highest BCUT2D eigenvalue weighted by Gasteiger charge is 2.03. The predicted molar refractivity (Wildman–Crippen MR) is 94.6 cm³/mol. The first-order valence-electron chi connectivity index (χ1n) is 9.50. The van der Waals surface area contributed by atoms with Crippen LogP contribution in [0, 0.1) is 0 Å². The minimum absolute atomic E-state index is 0.284. The smallest absolute Gasteiger partial charge is 0.306 e. The number of unbranched alkanes of at least 4 members (excludes halogenated alkanes) is 8. The lowest BCUT2D eigenvalue weighted by Crippen LogP contribution is -2.04. The zero-order valence-electron chi connectivity index (χ0n) is 15.7. The third-order valence-electron chi connectivity index (χ3n) is 3.93. The van der Waals surface area contributed by atoms with Crippen LogP contribution in [-0.4, -0.2) is 13.1 Å². The van der Waals surface area contributed by atoms with Gasteiger partial charge in [0, 0.05) is 6.42 Å². The van der Waals surface area contributed by atoms with E-state index >= 15 is 0 Å². The van der Waals surface area contributed by atoms with Gasteiger partial charge in [0.05, 0.1) is 8.48 Å². The normalized spacial score (nSPS) is 12.5. The number of hydrogen-bond acceptors (Lipinski definition) is 3. The Morgan fingerprint density at radius 1 is 0.957 bits per heavy atom. The van der Waals surface area contributed by atoms with Gasteiger partial charge in [0.25, 0.3) is 0 Å². The van der Waals surface area contributed by atoms with Gasteiger partial charge in [0.2, 0.25) is 0 Å². The summed E-state index contributed by atoms with van der Waals surface area (Å²) in [4.78, 5) is 11.8. The standard InChI is InChI=1S/C20H32O3/c1-3-4-5-6-7-8-9-10-11-12-20(21)23-17-18-13-15-19(22-2)16-14-18/h13-16H,3-12,17H2,1-2H3/i17D/t17-/m1/s1. The molecule has 1 rings (SSSR count). The lowest BCUT2D eigenvalue weighted by Gasteiger charge is -2.06. The molecule has 0 aromatic heterocycles. The first-order valence-corrected chi connectivity index (χ1v) is 8.93. The maximum absolute atomic E-state index is 11.8. The van der Waals surface area contributed by atoms with Crippen molar-refractivity contribution >= 4 is 5.97 Å². The van der Waals surface area contributed by atoms with Gasteiger partial charge in [-0.25, -0.2) is 0 Å². The molecule has 1 atom stereocenters. The summed E-state index contributed by atoms with van der Waals surface area (Å²) >= 11 is 0. The molecule has 0 radical (unpaired) electrons. The summed E-state index contributed by atoms with van der Waals surface area (Å²) in [5.41, 5.74) is 0.663. The molecular weight excluding hydrogens is 288 g/mol. The molecule has 0 amide bonds. The third-order valence-corrected chi connectivity index (χ3v) is 3.93. The van der Waals surface area contributed by atoms with Gasteiger partial charge in [-0.05, 0) is 24.1 Å². The van der Waals surface area contributed by atoms with Crippen LogP contribution in [0.5, 0.6) is 5.75 Å². The van der Waals surface area contributed by atoms with Gasteiger partial charge in [-0.1, -0.05) is 70.4 Å². The van der Waals surface area contributed by atoms with E-state index in [1.165, 1.54) is 44.9 Å². The van der Waals surface area contributed by atoms with E-state index in [1.54, 1.807) is 31.4 Å². The summed E-state index contributed by atoms with van der Waals surface area (Å²) in [6, 6.07) is 7.04. The van der Waals surface area contributed by atoms with Crippen molar-refractivity contribution in [2.45, 2.75) is 77.7 Å². The summed E-state index contributed by atoms with van der Waals surface area (Å²) in [5, 5.41) is 0. The average molecular weight is 321 g/mol. The number of hydrogen-bond donors (Lipinski definition) is 0. The zero-order valence-corrected chi connectivity index (χ0v) is 14.7. The van der Waals surface area contributed by atoms with Crippen molar-refractivity contribution in [2.24, 2.45) is 0 Å². The monoisotopic (exact) mass is 321 g/mol. The van der Waals surface area contributed by atoms with Crippen LogP contribution < -0.4 is 4.74 Å². The second-order valence-corrected chi connectivity index (χ2v) is 5.96. The molecule has 0 aliphatic heterocycles. The summed E-state index contributed by atoms with van der Waals surface area (Å²) in [6.07, 6.45) is 11.4. The van der Waals surface area contributed by atoms with Crippen molar-refractivity contribution < 1.29 is 15.6 Å². The Morgan fingerprint density at radius 2 is 1.52 bits per heavy atom. The van der Waals surface area contributed by atoms with E-state index in [1.807, 2.05) is 0 Å². The van der Waals surface area contributed by atoms with Crippen LogP contribution in [0.3, 0.4) is 0 Å². The molecule has 0 saturated heterocycles. The molecule has 1 aromatic rings. The molecule has 0 heterocycles. The van der Waals surface area contributed by atoms with E-state index in [9.17, 15) is 4.79 Å². The predicted octanol–water partition coefficient (Wildman–Crippen LogP) is 5.66. The largest absolute Gasteiger partial charge is 0.497 e. The van der Waals surface area contributed by atoms with Crippen molar-refractivity contribution in [1.82, 2.24) is 0 Å². The minimum Gasteiger partial charge on any atom is -0.497 e. The molecule has 3 heteroatoms. The quantitative estimate of drug-likeness (QED) is 0.347. The Morgan fingerprint density at radius 3 is 2.09 bits per heavy atom. The lowest BCUT2D eigenvalue weighted by molar-refractivity contribution is -0.145. The highest BCUT2D eigenvalue weighted by Crippen LogP contribution is 2.13. The average Bonchev–Trinajstić information content (AvgIpc) is 2.60. The number of benzene rings is 1. The molecule has 3 nitrogen and oxygen atoms in total. The maximum Gasteiger partial charge on any atom is 0.306 e. The van der Waals surface area contributed by atoms with E-state index in [4.69, 9.17) is 10.8 Å². The van der Waals surface area contributed by atoms with E-state index in [-0.39, 0.29) is 5.97 Å². The van der Waals surface area contributed by atoms with Gasteiger partial charge in [-0.3, -0.25) is 4.79 Å². The highest BCUT2D eigenvalue weighted by molar-refractivity contribution is 5.69. The Labute approximate surface area is 142 Å². The summed E-state index contributed by atoms with van der Waals surface area (Å²) in [6.45, 7) is 1.27. The van der Waals surface area contributed by atoms with Crippen molar-refractivity contribution in [1.29, 1.82) is 0 Å². The SMILES string of the molecule is [2H][C@@H](OC(=O)CCCCCCCCCCC)c1ccc(OC)cc1. The third kappa shape index (κ3) is 9.98. The number of methoxy groups -OCH3 is 1. The summed E-state index contributed by atoms with van der Waals surface area (Å²) in [5.74, 6) is 0.445. The fraction of sp³-hybridized carbons (Fsp3) is 0.650. The topological polar surface area (TPSA) is 35.5 Å². The Kier molecular flexibility index (Phi) is 10.1. The van der Waals surface area contributed by atoms with Crippen LogP contribution in [0.15, 0.2) is 24.3 Å². The number of carbonyl (C=O) groups is 1. The molecule has 1 aromatic carbocycles. The highest BCUT2D eigenvalue weighted by atomic mass is 16.5. The van der Waals surface area contributed by atoms with Gasteiger partial charge >= 0.3 is 5.97 Å². The molecule has 0 N–H and O–H groups in total. The second-order valence-electron chi connectivity index (χ2n) is 5.96. The molecule has 0 spiro atoms. The van der Waals surface area contributed by atoms with Gasteiger partial charge in [0.15, 0.2) is 0 Å². The Balaban J connectivity index is 2.08. The zero-order chi connectivity index (χ0) is 17.6. The maximum atomic E-state index is 11.8. The van der Waals surface area contributed by atoms with Crippen molar-refractivity contribution in [3.63, 3.8) is 0 Å². The van der Waals surface area contributed by atoms with E-state index in [2.05, 4.69) is 6.92 Å². The molecular formula is C20H32O3. The van der Waals surface area contributed by atoms with Crippen LogP contribution in [0.2, 0.25) is 0 Å². The van der Waals surface area contributed by atoms with Gasteiger partial charge in [-0.2, -0.15) is 0 Å². The number of carbonyl (C=O) groups excluding carboxylic acids is 1. The number of rotatable bonds is 13. The first kappa shape index (κ1) is 17.8. The van der Waals surface area contributed by atoms with E-state index < -0.39 is 6.58 Å². The van der Waals surface area contributed by atoms with Crippen molar-refractivity contribution in [3.8, 4) is 5.75 Å². The fourth-order valence-corrected chi connectivity index (χ4v) is 2.46. The van der Waals surface area contributed by atoms with Crippen LogP contribution in [0.1, 0.15) is 78.1 Å². The number of ether oxygens (including phenoxy) is 2. The van der Waals surface area contributed by atoms with Crippen LogP contribution in [0.25, 0.3) is 0 Å². The molecule has 0 bridgehead atoms. The molecule has 0 saturated carbocycles. The summed E-state index contributed by atoms with van der Waals surface area (Å²) in [7, 11) is 1.60. The first-order chi connectivity index (χ1) is 11.7. The Bertz CT molecular complexity index is 445. The second kappa shape index (κ2) is 13.0. The van der Waals surface area contributed by atoms with Crippen LogP contribution in [0.4, 0.5) is 0 Å². The molecule has 0 aliphatic carbocycles.